The third kappa shape index (κ3) is 4.43. The van der Waals surface area contributed by atoms with E-state index in [4.69, 9.17) is 0 Å². The van der Waals surface area contributed by atoms with Gasteiger partial charge in [0.25, 0.3) is 11.5 Å². The number of hydrogen-bond donors (Lipinski definition) is 1. The van der Waals surface area contributed by atoms with Gasteiger partial charge in [0.05, 0.1) is 11.6 Å². The first kappa shape index (κ1) is 23.8. The number of amides is 1. The van der Waals surface area contributed by atoms with Crippen LogP contribution in [0.15, 0.2) is 46.4 Å². The van der Waals surface area contributed by atoms with Gasteiger partial charge in [-0.15, -0.1) is 0 Å². The SMILES string of the molecule is O=C(N[C@H]1CC[C@@H](n2c(=O)c3cc(F)cnc3n(C3CCSCC3)c2=O)CC1)c1cc2ncccn2n1. The van der Waals surface area contributed by atoms with Crippen molar-refractivity contribution in [3.8, 4) is 0 Å². The molecule has 6 rings (SSSR count). The largest absolute Gasteiger partial charge is 0.348 e. The normalized spacial score (nSPS) is 20.9. The number of rotatable bonds is 4. The molecule has 12 heteroatoms. The molecule has 0 radical (unpaired) electrons. The van der Waals surface area contributed by atoms with E-state index in [0.717, 1.165) is 30.5 Å². The lowest BCUT2D eigenvalue weighted by molar-refractivity contribution is 0.0916. The zero-order valence-electron chi connectivity index (χ0n) is 20.0. The van der Waals surface area contributed by atoms with E-state index in [0.29, 0.717) is 31.3 Å². The molecule has 1 aliphatic heterocycles. The molecule has 0 bridgehead atoms. The molecule has 1 N–H and O–H groups in total. The van der Waals surface area contributed by atoms with Crippen molar-refractivity contribution >= 4 is 34.3 Å². The summed E-state index contributed by atoms with van der Waals surface area (Å²) in [5, 5.41) is 7.42. The molecule has 5 heterocycles. The first-order chi connectivity index (χ1) is 18.0. The lowest BCUT2D eigenvalue weighted by atomic mass is 9.90. The van der Waals surface area contributed by atoms with Gasteiger partial charge in [-0.3, -0.25) is 18.7 Å². The molecule has 1 saturated carbocycles. The maximum Gasteiger partial charge on any atom is 0.333 e. The zero-order valence-corrected chi connectivity index (χ0v) is 20.9. The quantitative estimate of drug-likeness (QED) is 0.437. The van der Waals surface area contributed by atoms with Crippen LogP contribution in [0.4, 0.5) is 4.39 Å². The fourth-order valence-electron chi connectivity index (χ4n) is 5.48. The monoisotopic (exact) mass is 523 g/mol. The number of pyridine rings is 1. The third-order valence-electron chi connectivity index (χ3n) is 7.34. The summed E-state index contributed by atoms with van der Waals surface area (Å²) in [6, 6.07) is 4.05. The first-order valence-electron chi connectivity index (χ1n) is 12.5. The number of hydrogen-bond acceptors (Lipinski definition) is 7. The molecular formula is C25H26FN7O3S. The summed E-state index contributed by atoms with van der Waals surface area (Å²) in [6.45, 7) is 0. The van der Waals surface area contributed by atoms with Crippen molar-refractivity contribution in [2.45, 2.75) is 56.7 Å². The van der Waals surface area contributed by atoms with Gasteiger partial charge in [-0.05, 0) is 62.2 Å². The van der Waals surface area contributed by atoms with Gasteiger partial charge in [0.1, 0.15) is 11.5 Å². The molecule has 37 heavy (non-hydrogen) atoms. The van der Waals surface area contributed by atoms with E-state index in [1.165, 1.54) is 10.6 Å². The minimum Gasteiger partial charge on any atom is -0.348 e. The fourth-order valence-corrected chi connectivity index (χ4v) is 6.56. The van der Waals surface area contributed by atoms with E-state index in [1.807, 2.05) is 11.8 Å². The summed E-state index contributed by atoms with van der Waals surface area (Å²) in [7, 11) is 0. The molecule has 0 aromatic carbocycles. The molecule has 2 aliphatic rings. The molecule has 2 fully saturated rings. The number of fused-ring (bicyclic) bond motifs is 2. The summed E-state index contributed by atoms with van der Waals surface area (Å²) < 4.78 is 18.6. The predicted octanol–water partition coefficient (Wildman–Crippen LogP) is 2.72. The number of nitrogens with one attached hydrogen (secondary N) is 1. The molecule has 4 aromatic rings. The van der Waals surface area contributed by atoms with Crippen molar-refractivity contribution in [2.75, 3.05) is 11.5 Å². The third-order valence-corrected chi connectivity index (χ3v) is 8.39. The smallest absolute Gasteiger partial charge is 0.333 e. The number of aromatic nitrogens is 6. The Bertz CT molecular complexity index is 1570. The van der Waals surface area contributed by atoms with E-state index in [-0.39, 0.29) is 46.4 Å². The Balaban J connectivity index is 1.25. The minimum atomic E-state index is -0.603. The topological polar surface area (TPSA) is 116 Å². The van der Waals surface area contributed by atoms with Crippen LogP contribution in [0.2, 0.25) is 0 Å². The molecule has 1 amide bonds. The second kappa shape index (κ2) is 9.73. The zero-order chi connectivity index (χ0) is 25.5. The predicted molar refractivity (Wildman–Crippen MR) is 138 cm³/mol. The van der Waals surface area contributed by atoms with E-state index in [2.05, 4.69) is 20.4 Å². The van der Waals surface area contributed by atoms with Crippen LogP contribution in [-0.4, -0.2) is 52.2 Å². The average Bonchev–Trinajstić information content (AvgIpc) is 3.36. The van der Waals surface area contributed by atoms with Crippen LogP contribution in [0, 0.1) is 5.82 Å². The summed E-state index contributed by atoms with van der Waals surface area (Å²) >= 11 is 1.84. The van der Waals surface area contributed by atoms with Gasteiger partial charge in [-0.1, -0.05) is 0 Å². The van der Waals surface area contributed by atoms with Gasteiger partial charge in [0.2, 0.25) is 0 Å². The van der Waals surface area contributed by atoms with Gasteiger partial charge in [0, 0.05) is 36.6 Å². The summed E-state index contributed by atoms with van der Waals surface area (Å²) in [5.41, 5.74) is 0.254. The molecule has 4 aromatic heterocycles. The van der Waals surface area contributed by atoms with Crippen molar-refractivity contribution in [1.29, 1.82) is 0 Å². The van der Waals surface area contributed by atoms with Crippen molar-refractivity contribution in [2.24, 2.45) is 0 Å². The highest BCUT2D eigenvalue weighted by Gasteiger charge is 2.30. The van der Waals surface area contributed by atoms with Gasteiger partial charge in [-0.25, -0.2) is 23.7 Å². The summed E-state index contributed by atoms with van der Waals surface area (Å²) in [4.78, 5) is 48.3. The lowest BCUT2D eigenvalue weighted by Crippen LogP contribution is -2.46. The Kier molecular flexibility index (Phi) is 6.27. The Morgan fingerprint density at radius 3 is 2.51 bits per heavy atom. The van der Waals surface area contributed by atoms with Crippen molar-refractivity contribution in [3.63, 3.8) is 0 Å². The van der Waals surface area contributed by atoms with Crippen LogP contribution in [-0.2, 0) is 0 Å². The van der Waals surface area contributed by atoms with Crippen LogP contribution in [0.1, 0.15) is 61.1 Å². The Morgan fingerprint density at radius 1 is 1.00 bits per heavy atom. The molecule has 192 valence electrons. The first-order valence-corrected chi connectivity index (χ1v) is 13.7. The van der Waals surface area contributed by atoms with Gasteiger partial charge in [-0.2, -0.15) is 16.9 Å². The second-order valence-electron chi connectivity index (χ2n) is 9.63. The van der Waals surface area contributed by atoms with Gasteiger partial charge in [0.15, 0.2) is 11.3 Å². The van der Waals surface area contributed by atoms with Crippen LogP contribution in [0.5, 0.6) is 0 Å². The Hall–Kier alpha value is -3.54. The van der Waals surface area contributed by atoms with E-state index >= 15 is 0 Å². The van der Waals surface area contributed by atoms with Gasteiger partial charge < -0.3 is 5.32 Å². The highest BCUT2D eigenvalue weighted by atomic mass is 32.2. The van der Waals surface area contributed by atoms with E-state index in [1.54, 1.807) is 33.6 Å². The van der Waals surface area contributed by atoms with E-state index < -0.39 is 11.4 Å². The van der Waals surface area contributed by atoms with Crippen LogP contribution < -0.4 is 16.6 Å². The van der Waals surface area contributed by atoms with Crippen molar-refractivity contribution < 1.29 is 9.18 Å². The highest BCUT2D eigenvalue weighted by molar-refractivity contribution is 7.99. The summed E-state index contributed by atoms with van der Waals surface area (Å²) in [6.07, 6.45) is 8.32. The molecule has 0 atom stereocenters. The Labute approximate surface area is 214 Å². The maximum absolute atomic E-state index is 14.1. The molecule has 10 nitrogen and oxygen atoms in total. The molecule has 0 unspecified atom stereocenters. The number of halogens is 1. The minimum absolute atomic E-state index is 0.0726. The van der Waals surface area contributed by atoms with Crippen LogP contribution in [0.3, 0.4) is 0 Å². The Morgan fingerprint density at radius 2 is 1.76 bits per heavy atom. The van der Waals surface area contributed by atoms with Crippen molar-refractivity contribution in [3.05, 3.63) is 69.1 Å². The molecular weight excluding hydrogens is 497 g/mol. The van der Waals surface area contributed by atoms with Gasteiger partial charge >= 0.3 is 5.69 Å². The standard InChI is InChI=1S/C25H26FN7O3S/c26-15-12-19-22(28-14-15)32(18-6-10-37-11-7-18)25(36)33(24(19)35)17-4-2-16(3-5-17)29-23(34)20-13-21-27-8-1-9-31(21)30-20/h1,8-9,12-14,16-18H,2-7,10-11H2,(H,29,34)/t16-,17+. The summed E-state index contributed by atoms with van der Waals surface area (Å²) in [5.74, 6) is 0.961. The molecule has 1 aliphatic carbocycles. The number of carbonyl (C=O) groups excluding carboxylic acids is 1. The van der Waals surface area contributed by atoms with Crippen molar-refractivity contribution in [1.82, 2.24) is 34.0 Å². The average molecular weight is 524 g/mol. The molecule has 1 saturated heterocycles. The number of thioether (sulfide) groups is 1. The lowest BCUT2D eigenvalue weighted by Gasteiger charge is -2.31. The number of nitrogens with zero attached hydrogens (tertiary/aromatic N) is 6. The fraction of sp³-hybridized carbons (Fsp3) is 0.440. The van der Waals surface area contributed by atoms with Crippen LogP contribution >= 0.6 is 11.8 Å². The second-order valence-corrected chi connectivity index (χ2v) is 10.9. The number of carbonyl (C=O) groups is 1. The van der Waals surface area contributed by atoms with Crippen LogP contribution in [0.25, 0.3) is 16.7 Å². The highest BCUT2D eigenvalue weighted by Crippen LogP contribution is 2.30. The van der Waals surface area contributed by atoms with E-state index in [9.17, 15) is 18.8 Å². The maximum atomic E-state index is 14.1. The molecule has 0 spiro atoms.